The molecular weight excluding hydrogens is 1730 g/mol. The normalized spacial score (nSPS) is 17.1. The van der Waals surface area contributed by atoms with Gasteiger partial charge in [-0.2, -0.15) is 0 Å². The number of benzene rings is 1. The van der Waals surface area contributed by atoms with Crippen molar-refractivity contribution in [3.8, 4) is 0 Å². The summed E-state index contributed by atoms with van der Waals surface area (Å²) in [5, 5.41) is 92.9. The van der Waals surface area contributed by atoms with Crippen LogP contribution in [0.5, 0.6) is 0 Å². The zero-order valence-electron chi connectivity index (χ0n) is 78.1. The van der Waals surface area contributed by atoms with Gasteiger partial charge in [0.25, 0.3) is 11.8 Å². The molecule has 17 atom stereocenters. The predicted molar refractivity (Wildman–Crippen MR) is 466 cm³/mol. The van der Waals surface area contributed by atoms with E-state index in [0.29, 0.717) is 45.1 Å². The first-order chi connectivity index (χ1) is 62.5. The highest BCUT2D eigenvalue weighted by atomic mass is 16.7. The Hall–Kier alpha value is -8.45. The lowest BCUT2D eigenvalue weighted by molar-refractivity contribution is -0.262. The molecule has 0 bridgehead atoms. The number of unbranched alkanes of at least 4 members (excludes halogenated alkanes) is 2. The molecule has 13 N–H and O–H groups in total. The molecule has 43 heteroatoms. The number of methoxy groups -OCH3 is 2. The molecule has 2 aliphatic rings. The number of nitrogens with zero attached hydrogens (tertiary/aromatic N) is 4. The maximum atomic E-state index is 14.7. The van der Waals surface area contributed by atoms with E-state index in [1.165, 1.54) is 33.3 Å². The van der Waals surface area contributed by atoms with E-state index in [1.54, 1.807) is 54.1 Å². The van der Waals surface area contributed by atoms with Crippen LogP contribution in [0.2, 0.25) is 0 Å². The van der Waals surface area contributed by atoms with E-state index in [1.807, 2.05) is 60.5 Å². The number of carboxylic acids is 1. The Balaban J connectivity index is 1.67. The number of carbonyl (C=O) groups is 13. The van der Waals surface area contributed by atoms with Crippen LogP contribution in [0.3, 0.4) is 0 Å². The molecule has 748 valence electrons. The van der Waals surface area contributed by atoms with Crippen molar-refractivity contribution in [2.24, 2.45) is 23.7 Å². The van der Waals surface area contributed by atoms with Crippen LogP contribution < -0.4 is 26.6 Å². The highest BCUT2D eigenvalue weighted by Gasteiger charge is 2.44. The van der Waals surface area contributed by atoms with Gasteiger partial charge in [-0.1, -0.05) is 91.6 Å². The van der Waals surface area contributed by atoms with Crippen LogP contribution in [0.25, 0.3) is 0 Å². The van der Waals surface area contributed by atoms with Gasteiger partial charge >= 0.3 is 23.9 Å². The summed E-state index contributed by atoms with van der Waals surface area (Å²) in [6.07, 6.45) is -8.70. The second-order valence-electron chi connectivity index (χ2n) is 33.0. The van der Waals surface area contributed by atoms with Crippen LogP contribution in [0, 0.1) is 23.7 Å². The molecule has 131 heavy (non-hydrogen) atoms. The second-order valence-corrected chi connectivity index (χ2v) is 33.0. The summed E-state index contributed by atoms with van der Waals surface area (Å²) in [6, 6.07) is 4.22. The number of rotatable bonds is 73. The molecule has 3 rings (SSSR count). The number of carbonyl (C=O) groups excluding carboxylic acids is 12. The van der Waals surface area contributed by atoms with E-state index in [9.17, 15) is 98.1 Å². The number of nitrogens with one attached hydrogen (secondary N) is 5. The number of carboxylic acid groups (broad SMARTS) is 1. The number of likely N-dealkylation sites (N-methyl/N-ethyl adjacent to an activating group) is 2. The van der Waals surface area contributed by atoms with Gasteiger partial charge in [0.15, 0.2) is 25.2 Å². The van der Waals surface area contributed by atoms with Gasteiger partial charge in [-0.3, -0.25) is 67.3 Å². The monoisotopic (exact) mass is 1870 g/mol. The largest absolute Gasteiger partial charge is 0.481 e. The summed E-state index contributed by atoms with van der Waals surface area (Å²) >= 11 is 0. The van der Waals surface area contributed by atoms with Crippen molar-refractivity contribution >= 4 is 77.0 Å². The summed E-state index contributed by atoms with van der Waals surface area (Å²) in [5.41, 5.74) is 0.732. The minimum atomic E-state index is -1.67. The average molecular weight is 1880 g/mol. The molecule has 1 aromatic rings. The first-order valence-corrected chi connectivity index (χ1v) is 44.8. The van der Waals surface area contributed by atoms with Crippen molar-refractivity contribution in [3.05, 3.63) is 48.0 Å². The molecule has 0 saturated carbocycles. The molecule has 1 saturated heterocycles. The molecule has 9 amide bonds. The van der Waals surface area contributed by atoms with Crippen molar-refractivity contribution < 1.29 is 165 Å². The SMILES string of the molecule is CC[C@H](C)[C@@H]([C@@H](CC(=O)N1CCC[C@H]1[C@H](OC)[C@@H](C)C(=O)N[C@@H](Cc1ccccc1)C(=O)NCCCOC(=O)C(C)NC(=O)CCCC(=O)OCC(COC(CO)OC(CO)COC(CO)OC(CO)CO)OC(CO)OCC(COC(=O)CCCC(=O)O)OC(CO)OCCNC(=O)CCCCCN1C(=O)C=CC1=O)OC)N(C)C(=O)[C@@H](NC(=O)[C@H](C(C)C)N(C)C)C(C)C. The molecule has 43 nitrogen and oxygen atoms in total. The number of aliphatic carboxylic acids is 1. The van der Waals surface area contributed by atoms with E-state index in [2.05, 4.69) is 26.6 Å². The summed E-state index contributed by atoms with van der Waals surface area (Å²) in [5.74, 6) is -8.82. The molecule has 1 fully saturated rings. The van der Waals surface area contributed by atoms with Crippen LogP contribution >= 0.6 is 0 Å². The maximum Gasteiger partial charge on any atom is 0.328 e. The lowest BCUT2D eigenvalue weighted by atomic mass is 9.89. The average Bonchev–Trinajstić information content (AvgIpc) is 1.79. The molecule has 0 aliphatic carbocycles. The fourth-order valence-corrected chi connectivity index (χ4v) is 14.6. The highest BCUT2D eigenvalue weighted by Crippen LogP contribution is 2.31. The zero-order valence-corrected chi connectivity index (χ0v) is 78.1. The van der Waals surface area contributed by atoms with E-state index in [4.69, 9.17) is 66.7 Å². The van der Waals surface area contributed by atoms with Crippen LogP contribution in [0.1, 0.15) is 157 Å². The van der Waals surface area contributed by atoms with Gasteiger partial charge in [0.2, 0.25) is 41.4 Å². The van der Waals surface area contributed by atoms with Gasteiger partial charge in [0.1, 0.15) is 55.8 Å². The number of likely N-dealkylation sites (tertiary alicyclic amines) is 1. The number of hydrogen-bond donors (Lipinski definition) is 13. The highest BCUT2D eigenvalue weighted by molar-refractivity contribution is 6.12. The summed E-state index contributed by atoms with van der Waals surface area (Å²) in [4.78, 5) is 177. The molecule has 0 spiro atoms. The minimum Gasteiger partial charge on any atom is -0.481 e. The van der Waals surface area contributed by atoms with Crippen LogP contribution in [0.15, 0.2) is 42.5 Å². The molecule has 8 unspecified atom stereocenters. The molecule has 2 aliphatic heterocycles. The fraction of sp³-hybridized carbons (Fsp3) is 0.761. The van der Waals surface area contributed by atoms with Crippen molar-refractivity contribution in [2.75, 3.05) is 154 Å². The van der Waals surface area contributed by atoms with Crippen LogP contribution in [0.4, 0.5) is 0 Å². The Kier molecular flexibility index (Phi) is 58.1. The van der Waals surface area contributed by atoms with Crippen molar-refractivity contribution in [1.29, 1.82) is 0 Å². The third-order valence-corrected chi connectivity index (χ3v) is 21.8. The Morgan fingerprint density at radius 1 is 0.534 bits per heavy atom. The zero-order chi connectivity index (χ0) is 97.7. The number of imide groups is 1. The smallest absolute Gasteiger partial charge is 0.328 e. The second kappa shape index (κ2) is 65.2. The number of aliphatic hydroxyl groups is 7. The summed E-state index contributed by atoms with van der Waals surface area (Å²) in [6.45, 7) is 6.26. The Morgan fingerprint density at radius 2 is 1.08 bits per heavy atom. The first-order valence-electron chi connectivity index (χ1n) is 44.8. The lowest BCUT2D eigenvalue weighted by Gasteiger charge is -2.41. The molecule has 0 aromatic heterocycles. The third kappa shape index (κ3) is 44.1. The van der Waals surface area contributed by atoms with E-state index in [0.717, 1.165) is 10.5 Å². The fourth-order valence-electron chi connectivity index (χ4n) is 14.6. The number of ether oxygens (including phenoxy) is 13. The first kappa shape index (κ1) is 117. The Morgan fingerprint density at radius 3 is 1.60 bits per heavy atom. The quantitative estimate of drug-likeness (QED) is 0.0121. The number of esters is 3. The van der Waals surface area contributed by atoms with Crippen LogP contribution in [-0.2, 0) is 130 Å². The van der Waals surface area contributed by atoms with Crippen molar-refractivity contribution in [2.45, 2.75) is 256 Å². The topological polar surface area (TPSA) is 577 Å². The minimum absolute atomic E-state index is 0.0123. The van der Waals surface area contributed by atoms with Gasteiger partial charge in [-0.15, -0.1) is 0 Å². The lowest BCUT2D eigenvalue weighted by Crippen LogP contribution is -2.59. The van der Waals surface area contributed by atoms with Gasteiger partial charge in [-0.25, -0.2) is 4.79 Å². The van der Waals surface area contributed by atoms with E-state index >= 15 is 0 Å². The van der Waals surface area contributed by atoms with Gasteiger partial charge in [0, 0.05) is 98.1 Å². The third-order valence-electron chi connectivity index (χ3n) is 21.8. The molecule has 1 aromatic carbocycles. The van der Waals surface area contributed by atoms with E-state index < -0.39 is 243 Å². The van der Waals surface area contributed by atoms with E-state index in [-0.39, 0.29) is 132 Å². The maximum absolute atomic E-state index is 14.7. The molecule has 0 radical (unpaired) electrons. The van der Waals surface area contributed by atoms with Gasteiger partial charge in [-0.05, 0) is 89.3 Å². The van der Waals surface area contributed by atoms with Crippen LogP contribution in [-0.4, -0.2) is 390 Å². The number of aliphatic hydroxyl groups excluding tert-OH is 7. The Labute approximate surface area is 766 Å². The van der Waals surface area contributed by atoms with Crippen molar-refractivity contribution in [1.82, 2.24) is 46.2 Å². The predicted octanol–water partition coefficient (Wildman–Crippen LogP) is -1.11. The number of amides is 9. The van der Waals surface area contributed by atoms with Gasteiger partial charge in [0.05, 0.1) is 122 Å². The number of hydrogen-bond acceptors (Lipinski definition) is 34. The summed E-state index contributed by atoms with van der Waals surface area (Å²) < 4.78 is 73.8. The molecular formula is C88H147N9O34. The Bertz CT molecular complexity index is 3560. The standard InChI is InChI=1S/C88H147N9O34/c1-14-57(6)82(95(11)87(117)80(55(2)3)93-86(116)81(56(4)5)94(9)10)67(119-12)42-72(109)96-38-23-27-66(96)83(120-13)58(7)84(114)92-65(41-60-25-17-15-18-26-60)85(115)90-35-24-39-122-88(118)59(8)91-69(106)29-21-31-74(112)123-52-64(54-126-78(48-103)129-62(45-100)50-125-77(47-102)128-61(43-98)44-99)131-79(49-104)127-53-63(51-124-75(113)32-22-30-73(110)111)130-76(46-101)121-40-36-89-68(105)28-19-16-20-37-97-70(107)33-34-71(97)108/h15,17-18,25-26,33-34,55-59,61-67,76-83,98-104H,14,16,19-24,27-32,35-54H2,1-13H3,(H,89,105)(H,90,115)(H,91,106)(H,92,114)(H,93,116)(H,110,111)/t57-,58+,59?,62?,63?,64?,65-,66-,67+,76?,77?,78?,79?,80-,81-,82-,83+/m0/s1. The van der Waals surface area contributed by atoms with Crippen molar-refractivity contribution in [3.63, 3.8) is 0 Å². The summed E-state index contributed by atoms with van der Waals surface area (Å²) in [7, 11) is 8.26. The molecule has 2 heterocycles. The van der Waals surface area contributed by atoms with Gasteiger partial charge < -0.3 is 139 Å².